The molecular formula is C17H28O3. The van der Waals surface area contributed by atoms with Gasteiger partial charge >= 0.3 is 5.97 Å². The fourth-order valence-corrected chi connectivity index (χ4v) is 2.43. The topological polar surface area (TPSA) is 39.4 Å². The lowest BCUT2D eigenvalue weighted by molar-refractivity contribution is -0.143. The van der Waals surface area contributed by atoms with Crippen molar-refractivity contribution in [2.75, 3.05) is 6.61 Å². The molecule has 0 aliphatic rings. The molecule has 0 amide bonds. The van der Waals surface area contributed by atoms with Crippen LogP contribution in [0.3, 0.4) is 0 Å². The zero-order chi connectivity index (χ0) is 14.8. The molecule has 0 saturated heterocycles. The van der Waals surface area contributed by atoms with E-state index in [2.05, 4.69) is 13.0 Å². The number of rotatable bonds is 10. The maximum atomic E-state index is 11.1. The van der Waals surface area contributed by atoms with Crippen molar-refractivity contribution in [3.05, 3.63) is 23.2 Å². The number of hydrogen-bond acceptors (Lipinski definition) is 3. The summed E-state index contributed by atoms with van der Waals surface area (Å²) in [5, 5.41) is 0. The lowest BCUT2D eigenvalue weighted by atomic mass is 10.1. The summed E-state index contributed by atoms with van der Waals surface area (Å²) < 4.78 is 10.6. The van der Waals surface area contributed by atoms with E-state index in [1.807, 2.05) is 13.8 Å². The molecule has 0 aliphatic carbocycles. The van der Waals surface area contributed by atoms with Crippen molar-refractivity contribution < 1.29 is 13.9 Å². The predicted octanol–water partition coefficient (Wildman–Crippen LogP) is 4.73. The Balaban J connectivity index is 1.95. The summed E-state index contributed by atoms with van der Waals surface area (Å²) in [5.41, 5.74) is 1.27. The number of ether oxygens (including phenoxy) is 1. The molecule has 0 radical (unpaired) electrons. The van der Waals surface area contributed by atoms with E-state index in [-0.39, 0.29) is 5.97 Å². The van der Waals surface area contributed by atoms with Crippen LogP contribution >= 0.6 is 0 Å². The van der Waals surface area contributed by atoms with Gasteiger partial charge in [-0.15, -0.1) is 0 Å². The highest BCUT2D eigenvalue weighted by Gasteiger charge is 2.04. The third kappa shape index (κ3) is 6.78. The van der Waals surface area contributed by atoms with E-state index in [0.29, 0.717) is 13.0 Å². The van der Waals surface area contributed by atoms with E-state index in [4.69, 9.17) is 9.15 Å². The maximum absolute atomic E-state index is 11.1. The normalized spacial score (nSPS) is 10.8. The number of esters is 1. The number of furan rings is 1. The molecule has 0 fully saturated rings. The van der Waals surface area contributed by atoms with Crippen LogP contribution in [0.5, 0.6) is 0 Å². The zero-order valence-corrected chi connectivity index (χ0v) is 13.2. The summed E-state index contributed by atoms with van der Waals surface area (Å²) in [5.74, 6) is 2.09. The van der Waals surface area contributed by atoms with Crippen LogP contribution in [-0.4, -0.2) is 12.6 Å². The van der Waals surface area contributed by atoms with Gasteiger partial charge in [0.2, 0.25) is 0 Å². The van der Waals surface area contributed by atoms with Crippen molar-refractivity contribution in [3.63, 3.8) is 0 Å². The molecule has 1 rings (SSSR count). The maximum Gasteiger partial charge on any atom is 0.305 e. The molecule has 0 unspecified atom stereocenters. The molecule has 3 heteroatoms. The average Bonchev–Trinajstić information content (AvgIpc) is 2.71. The predicted molar refractivity (Wildman–Crippen MR) is 80.8 cm³/mol. The Morgan fingerprint density at radius 2 is 1.75 bits per heavy atom. The van der Waals surface area contributed by atoms with Gasteiger partial charge in [-0.25, -0.2) is 0 Å². The van der Waals surface area contributed by atoms with Gasteiger partial charge in [0.15, 0.2) is 0 Å². The average molecular weight is 280 g/mol. The highest BCUT2D eigenvalue weighted by molar-refractivity contribution is 5.69. The van der Waals surface area contributed by atoms with Crippen LogP contribution in [-0.2, 0) is 16.0 Å². The third-order valence-corrected chi connectivity index (χ3v) is 3.48. The van der Waals surface area contributed by atoms with Crippen LogP contribution in [0.1, 0.15) is 69.0 Å². The van der Waals surface area contributed by atoms with Crippen LogP contribution in [0.25, 0.3) is 0 Å². The molecule has 0 aromatic carbocycles. The van der Waals surface area contributed by atoms with Crippen molar-refractivity contribution in [2.45, 2.75) is 72.1 Å². The SMILES string of the molecule is CCOC(=O)CCCCCCCCc1oc(C)cc1C. The molecule has 0 saturated carbocycles. The molecule has 0 N–H and O–H groups in total. The van der Waals surface area contributed by atoms with Crippen LogP contribution in [0.2, 0.25) is 0 Å². The first-order chi connectivity index (χ1) is 9.63. The van der Waals surface area contributed by atoms with E-state index >= 15 is 0 Å². The molecule has 20 heavy (non-hydrogen) atoms. The Kier molecular flexibility index (Phi) is 8.08. The molecule has 3 nitrogen and oxygen atoms in total. The van der Waals surface area contributed by atoms with Crippen molar-refractivity contribution in [2.24, 2.45) is 0 Å². The summed E-state index contributed by atoms with van der Waals surface area (Å²) in [6.45, 7) is 6.45. The van der Waals surface area contributed by atoms with Crippen LogP contribution in [0.4, 0.5) is 0 Å². The summed E-state index contributed by atoms with van der Waals surface area (Å²) >= 11 is 0. The van der Waals surface area contributed by atoms with E-state index in [1.54, 1.807) is 0 Å². The van der Waals surface area contributed by atoms with E-state index in [1.165, 1.54) is 31.2 Å². The molecule has 114 valence electrons. The highest BCUT2D eigenvalue weighted by Crippen LogP contribution is 2.17. The van der Waals surface area contributed by atoms with E-state index in [0.717, 1.165) is 30.8 Å². The van der Waals surface area contributed by atoms with Gasteiger partial charge in [-0.1, -0.05) is 25.7 Å². The number of carbonyl (C=O) groups excluding carboxylic acids is 1. The Morgan fingerprint density at radius 3 is 2.35 bits per heavy atom. The number of hydrogen-bond donors (Lipinski definition) is 0. The second-order valence-corrected chi connectivity index (χ2v) is 5.39. The molecule has 1 aromatic rings. The Hall–Kier alpha value is -1.25. The molecule has 0 spiro atoms. The van der Waals surface area contributed by atoms with Crippen molar-refractivity contribution in [3.8, 4) is 0 Å². The first-order valence-corrected chi connectivity index (χ1v) is 7.85. The quantitative estimate of drug-likeness (QED) is 0.459. The van der Waals surface area contributed by atoms with Gasteiger partial charge in [0.05, 0.1) is 6.61 Å². The largest absolute Gasteiger partial charge is 0.466 e. The molecule has 0 atom stereocenters. The number of unbranched alkanes of at least 4 members (excludes halogenated alkanes) is 5. The number of aryl methyl sites for hydroxylation is 3. The van der Waals surface area contributed by atoms with Gasteiger partial charge in [0.25, 0.3) is 0 Å². The lowest BCUT2D eigenvalue weighted by Gasteiger charge is -2.02. The minimum absolute atomic E-state index is 0.0591. The van der Waals surface area contributed by atoms with Crippen LogP contribution in [0, 0.1) is 13.8 Å². The second kappa shape index (κ2) is 9.62. The lowest BCUT2D eigenvalue weighted by Crippen LogP contribution is -2.03. The van der Waals surface area contributed by atoms with Gasteiger partial charge in [-0.3, -0.25) is 4.79 Å². The number of carbonyl (C=O) groups is 1. The molecule has 0 aliphatic heterocycles. The summed E-state index contributed by atoms with van der Waals surface area (Å²) in [4.78, 5) is 11.1. The smallest absolute Gasteiger partial charge is 0.305 e. The van der Waals surface area contributed by atoms with E-state index in [9.17, 15) is 4.79 Å². The van der Waals surface area contributed by atoms with Crippen molar-refractivity contribution in [1.29, 1.82) is 0 Å². The Morgan fingerprint density at radius 1 is 1.10 bits per heavy atom. The van der Waals surface area contributed by atoms with Crippen molar-refractivity contribution in [1.82, 2.24) is 0 Å². The van der Waals surface area contributed by atoms with E-state index < -0.39 is 0 Å². The summed E-state index contributed by atoms with van der Waals surface area (Å²) in [7, 11) is 0. The van der Waals surface area contributed by atoms with Gasteiger partial charge in [0, 0.05) is 12.8 Å². The minimum Gasteiger partial charge on any atom is -0.466 e. The Bertz CT molecular complexity index is 393. The zero-order valence-electron chi connectivity index (χ0n) is 13.2. The summed E-state index contributed by atoms with van der Waals surface area (Å²) in [6.07, 6.45) is 8.55. The van der Waals surface area contributed by atoms with Crippen molar-refractivity contribution >= 4 is 5.97 Å². The van der Waals surface area contributed by atoms with Gasteiger partial charge in [0.1, 0.15) is 11.5 Å². The fraction of sp³-hybridized carbons (Fsp3) is 0.706. The first-order valence-electron chi connectivity index (χ1n) is 7.85. The molecule has 1 heterocycles. The first kappa shape index (κ1) is 16.8. The Labute approximate surface area is 122 Å². The van der Waals surface area contributed by atoms with Gasteiger partial charge < -0.3 is 9.15 Å². The highest BCUT2D eigenvalue weighted by atomic mass is 16.5. The van der Waals surface area contributed by atoms with Crippen LogP contribution < -0.4 is 0 Å². The minimum atomic E-state index is -0.0591. The van der Waals surface area contributed by atoms with Crippen LogP contribution in [0.15, 0.2) is 10.5 Å². The monoisotopic (exact) mass is 280 g/mol. The third-order valence-electron chi connectivity index (χ3n) is 3.48. The molecule has 0 bridgehead atoms. The fourth-order valence-electron chi connectivity index (χ4n) is 2.43. The standard InChI is InChI=1S/C17H28O3/c1-4-19-17(18)12-10-8-6-5-7-9-11-16-14(2)13-15(3)20-16/h13H,4-12H2,1-3H3. The second-order valence-electron chi connectivity index (χ2n) is 5.39. The summed E-state index contributed by atoms with van der Waals surface area (Å²) in [6, 6.07) is 2.10. The van der Waals surface area contributed by atoms with Gasteiger partial charge in [-0.2, -0.15) is 0 Å². The molecular weight excluding hydrogens is 252 g/mol. The molecule has 1 aromatic heterocycles. The van der Waals surface area contributed by atoms with Gasteiger partial charge in [-0.05, 0) is 45.2 Å².